The molecule has 1 aromatic carbocycles. The molecule has 2 nitrogen and oxygen atoms in total. The Morgan fingerprint density at radius 1 is 1.15 bits per heavy atom. The third-order valence-electron chi connectivity index (χ3n) is 2.96. The maximum atomic E-state index is 12.4. The quantitative estimate of drug-likeness (QED) is 0.774. The third kappa shape index (κ3) is 6.39. The van der Waals surface area contributed by atoms with E-state index in [0.717, 1.165) is 37.3 Å². The number of alkyl halides is 3. The predicted molar refractivity (Wildman–Crippen MR) is 75.5 cm³/mol. The summed E-state index contributed by atoms with van der Waals surface area (Å²) in [6.45, 7) is 7.69. The van der Waals surface area contributed by atoms with Crippen molar-refractivity contribution in [2.45, 2.75) is 26.6 Å². The van der Waals surface area contributed by atoms with E-state index in [9.17, 15) is 13.2 Å². The molecule has 0 aliphatic heterocycles. The van der Waals surface area contributed by atoms with Crippen molar-refractivity contribution in [3.8, 4) is 0 Å². The summed E-state index contributed by atoms with van der Waals surface area (Å²) in [4.78, 5) is 2.09. The van der Waals surface area contributed by atoms with E-state index in [2.05, 4.69) is 24.1 Å². The summed E-state index contributed by atoms with van der Waals surface area (Å²) in [7, 11) is 1.97. The lowest BCUT2D eigenvalue weighted by Gasteiger charge is -2.18. The largest absolute Gasteiger partial charge is 0.416 e. The Bertz CT molecular complexity index is 385. The summed E-state index contributed by atoms with van der Waals surface area (Å²) in [5.41, 5.74) is 0.298. The monoisotopic (exact) mass is 288 g/mol. The highest BCUT2D eigenvalue weighted by molar-refractivity contribution is 5.24. The second kappa shape index (κ2) is 7.64. The van der Waals surface area contributed by atoms with E-state index in [4.69, 9.17) is 0 Å². The Morgan fingerprint density at radius 3 is 2.25 bits per heavy atom. The number of hydrogen-bond donors (Lipinski definition) is 1. The average molecular weight is 288 g/mol. The molecule has 0 fully saturated rings. The zero-order chi connectivity index (χ0) is 15.2. The standard InChI is InChI=1S/C15H23F3N2/c1-12(2)10-19-8-9-20(3)11-13-4-6-14(7-5-13)15(16,17)18/h4-7,12,19H,8-11H2,1-3H3. The van der Waals surface area contributed by atoms with Gasteiger partial charge in [0.15, 0.2) is 0 Å². The Balaban J connectivity index is 2.37. The minimum Gasteiger partial charge on any atom is -0.315 e. The number of benzene rings is 1. The van der Waals surface area contributed by atoms with Crippen LogP contribution in [0.2, 0.25) is 0 Å². The van der Waals surface area contributed by atoms with Crippen LogP contribution in [0.4, 0.5) is 13.2 Å². The zero-order valence-electron chi connectivity index (χ0n) is 12.3. The molecule has 20 heavy (non-hydrogen) atoms. The number of hydrogen-bond acceptors (Lipinski definition) is 2. The van der Waals surface area contributed by atoms with Crippen LogP contribution in [-0.2, 0) is 12.7 Å². The first-order valence-electron chi connectivity index (χ1n) is 6.84. The summed E-state index contributed by atoms with van der Waals surface area (Å²) in [5, 5.41) is 3.34. The Kier molecular flexibility index (Phi) is 6.49. The highest BCUT2D eigenvalue weighted by Crippen LogP contribution is 2.29. The van der Waals surface area contributed by atoms with Crippen molar-refractivity contribution in [2.75, 3.05) is 26.7 Å². The molecule has 0 amide bonds. The number of likely N-dealkylation sites (N-methyl/N-ethyl adjacent to an activating group) is 1. The smallest absolute Gasteiger partial charge is 0.315 e. The molecule has 0 unspecified atom stereocenters. The third-order valence-corrected chi connectivity index (χ3v) is 2.96. The molecule has 0 aromatic heterocycles. The summed E-state index contributed by atoms with van der Waals surface area (Å²) in [6.07, 6.45) is -4.26. The molecule has 0 aliphatic rings. The first-order valence-corrected chi connectivity index (χ1v) is 6.84. The Hall–Kier alpha value is -1.07. The fourth-order valence-electron chi connectivity index (χ4n) is 1.85. The molecule has 0 bridgehead atoms. The van der Waals surface area contributed by atoms with E-state index in [0.29, 0.717) is 12.5 Å². The topological polar surface area (TPSA) is 15.3 Å². The molecule has 0 spiro atoms. The summed E-state index contributed by atoms with van der Waals surface area (Å²) >= 11 is 0. The molecular formula is C15H23F3N2. The lowest BCUT2D eigenvalue weighted by Crippen LogP contribution is -2.30. The number of halogens is 3. The van der Waals surface area contributed by atoms with Gasteiger partial charge in [-0.05, 0) is 37.2 Å². The van der Waals surface area contributed by atoms with Gasteiger partial charge in [0, 0.05) is 19.6 Å². The normalized spacial score (nSPS) is 12.4. The van der Waals surface area contributed by atoms with Gasteiger partial charge >= 0.3 is 6.18 Å². The van der Waals surface area contributed by atoms with Crippen LogP contribution >= 0.6 is 0 Å². The summed E-state index contributed by atoms with van der Waals surface area (Å²) in [6, 6.07) is 5.36. The molecule has 0 radical (unpaired) electrons. The molecule has 0 saturated heterocycles. The van der Waals surface area contributed by atoms with Gasteiger partial charge in [-0.2, -0.15) is 13.2 Å². The number of nitrogens with one attached hydrogen (secondary N) is 1. The molecule has 1 N–H and O–H groups in total. The molecule has 0 saturated carbocycles. The van der Waals surface area contributed by atoms with Gasteiger partial charge < -0.3 is 10.2 Å². The minimum absolute atomic E-state index is 0.595. The number of rotatable bonds is 7. The second-order valence-corrected chi connectivity index (χ2v) is 5.53. The van der Waals surface area contributed by atoms with Crippen LogP contribution in [0.25, 0.3) is 0 Å². The molecular weight excluding hydrogens is 265 g/mol. The highest BCUT2D eigenvalue weighted by Gasteiger charge is 2.29. The van der Waals surface area contributed by atoms with E-state index in [1.807, 2.05) is 7.05 Å². The SMILES string of the molecule is CC(C)CNCCN(C)Cc1ccc(C(F)(F)F)cc1. The Labute approximate surface area is 119 Å². The molecule has 0 heterocycles. The molecule has 114 valence electrons. The van der Waals surface area contributed by atoms with Gasteiger partial charge in [0.05, 0.1) is 5.56 Å². The highest BCUT2D eigenvalue weighted by atomic mass is 19.4. The Morgan fingerprint density at radius 2 is 1.75 bits per heavy atom. The average Bonchev–Trinajstić information content (AvgIpc) is 2.34. The van der Waals surface area contributed by atoms with Crippen molar-refractivity contribution >= 4 is 0 Å². The van der Waals surface area contributed by atoms with Crippen molar-refractivity contribution in [1.82, 2.24) is 10.2 Å². The van der Waals surface area contributed by atoms with Crippen molar-refractivity contribution in [3.63, 3.8) is 0 Å². The first kappa shape index (κ1) is 17.0. The van der Waals surface area contributed by atoms with Crippen molar-refractivity contribution in [2.24, 2.45) is 5.92 Å². The van der Waals surface area contributed by atoms with Crippen LogP contribution in [-0.4, -0.2) is 31.6 Å². The fourth-order valence-corrected chi connectivity index (χ4v) is 1.85. The van der Waals surface area contributed by atoms with Gasteiger partial charge in [-0.15, -0.1) is 0 Å². The summed E-state index contributed by atoms with van der Waals surface area (Å²) in [5.74, 6) is 0.621. The molecule has 5 heteroatoms. The van der Waals surface area contributed by atoms with Crippen molar-refractivity contribution < 1.29 is 13.2 Å². The van der Waals surface area contributed by atoms with E-state index in [1.54, 1.807) is 12.1 Å². The lowest BCUT2D eigenvalue weighted by molar-refractivity contribution is -0.137. The predicted octanol–water partition coefficient (Wildman–Crippen LogP) is 3.38. The molecule has 0 atom stereocenters. The van der Waals surface area contributed by atoms with E-state index >= 15 is 0 Å². The molecule has 0 aliphatic carbocycles. The van der Waals surface area contributed by atoms with Crippen LogP contribution in [0.5, 0.6) is 0 Å². The van der Waals surface area contributed by atoms with Gasteiger partial charge in [0.1, 0.15) is 0 Å². The minimum atomic E-state index is -4.26. The van der Waals surface area contributed by atoms with Gasteiger partial charge in [-0.1, -0.05) is 26.0 Å². The van der Waals surface area contributed by atoms with Crippen LogP contribution in [0.1, 0.15) is 25.0 Å². The van der Waals surface area contributed by atoms with E-state index in [1.165, 1.54) is 0 Å². The fraction of sp³-hybridized carbons (Fsp3) is 0.600. The zero-order valence-corrected chi connectivity index (χ0v) is 12.3. The summed E-state index contributed by atoms with van der Waals surface area (Å²) < 4.78 is 37.3. The molecule has 1 rings (SSSR count). The maximum absolute atomic E-state index is 12.4. The van der Waals surface area contributed by atoms with E-state index in [-0.39, 0.29) is 0 Å². The van der Waals surface area contributed by atoms with Crippen LogP contribution in [0.3, 0.4) is 0 Å². The van der Waals surface area contributed by atoms with Gasteiger partial charge in [-0.25, -0.2) is 0 Å². The van der Waals surface area contributed by atoms with Crippen LogP contribution in [0, 0.1) is 5.92 Å². The van der Waals surface area contributed by atoms with Crippen LogP contribution < -0.4 is 5.32 Å². The van der Waals surface area contributed by atoms with Gasteiger partial charge in [0.2, 0.25) is 0 Å². The maximum Gasteiger partial charge on any atom is 0.416 e. The lowest BCUT2D eigenvalue weighted by atomic mass is 10.1. The first-order chi connectivity index (χ1) is 9.29. The van der Waals surface area contributed by atoms with Crippen LogP contribution in [0.15, 0.2) is 24.3 Å². The van der Waals surface area contributed by atoms with Crippen molar-refractivity contribution in [1.29, 1.82) is 0 Å². The number of nitrogens with zero attached hydrogens (tertiary/aromatic N) is 1. The van der Waals surface area contributed by atoms with Gasteiger partial charge in [-0.3, -0.25) is 0 Å². The van der Waals surface area contributed by atoms with E-state index < -0.39 is 11.7 Å². The molecule has 1 aromatic rings. The van der Waals surface area contributed by atoms with Crippen molar-refractivity contribution in [3.05, 3.63) is 35.4 Å². The second-order valence-electron chi connectivity index (χ2n) is 5.53. The van der Waals surface area contributed by atoms with Gasteiger partial charge in [0.25, 0.3) is 0 Å².